The monoisotopic (exact) mass is 264 g/mol. The molecule has 0 radical (unpaired) electrons. The van der Waals surface area contributed by atoms with Gasteiger partial charge in [-0.2, -0.15) is 0 Å². The topological polar surface area (TPSA) is 137 Å². The molecule has 2 aliphatic heterocycles. The number of hydrogen-bond acceptors (Lipinski definition) is 8. The molecule has 0 saturated carbocycles. The number of aliphatic hydroxyl groups excluding tert-OH is 5. The minimum absolute atomic E-state index is 0.210. The molecule has 8 nitrogen and oxygen atoms in total. The molecule has 7 atom stereocenters. The summed E-state index contributed by atoms with van der Waals surface area (Å²) in [5.41, 5.74) is 0. The highest BCUT2D eigenvalue weighted by molar-refractivity contribution is 5.76. The lowest BCUT2D eigenvalue weighted by atomic mass is 9.86. The van der Waals surface area contributed by atoms with Crippen molar-refractivity contribution >= 4 is 5.97 Å². The Hall–Kier alpha value is -0.770. The number of carbonyl (C=O) groups excluding carboxylic acids is 1. The molecule has 2 fully saturated rings. The summed E-state index contributed by atoms with van der Waals surface area (Å²) in [6.45, 7) is -0.794. The molecule has 0 bridgehead atoms. The van der Waals surface area contributed by atoms with Crippen LogP contribution in [-0.4, -0.2) is 81.3 Å². The molecular formula is C10H16O8. The molecule has 0 spiro atoms. The van der Waals surface area contributed by atoms with Crippen LogP contribution in [0.15, 0.2) is 0 Å². The van der Waals surface area contributed by atoms with Gasteiger partial charge in [0.05, 0.1) is 6.61 Å². The van der Waals surface area contributed by atoms with Crippen LogP contribution >= 0.6 is 0 Å². The summed E-state index contributed by atoms with van der Waals surface area (Å²) in [6.07, 6.45) is -8.09. The SMILES string of the molecule is O=C1OC[C@H](O)C1[C@@H]1O[C@H](CO)[C@@H](O)[C@H](O)[C@H]1O. The van der Waals surface area contributed by atoms with Gasteiger partial charge in [0.1, 0.15) is 49.1 Å². The molecular weight excluding hydrogens is 248 g/mol. The van der Waals surface area contributed by atoms with Crippen LogP contribution in [0.2, 0.25) is 0 Å². The molecule has 18 heavy (non-hydrogen) atoms. The Morgan fingerprint density at radius 2 is 1.78 bits per heavy atom. The van der Waals surface area contributed by atoms with Crippen molar-refractivity contribution in [2.45, 2.75) is 36.6 Å². The highest BCUT2D eigenvalue weighted by Crippen LogP contribution is 2.31. The largest absolute Gasteiger partial charge is 0.463 e. The summed E-state index contributed by atoms with van der Waals surface area (Å²) in [7, 11) is 0. The van der Waals surface area contributed by atoms with Gasteiger partial charge in [-0.3, -0.25) is 4.79 Å². The van der Waals surface area contributed by atoms with Crippen molar-refractivity contribution in [1.29, 1.82) is 0 Å². The maximum atomic E-state index is 11.4. The first kappa shape index (κ1) is 13.7. The molecule has 2 aliphatic rings. The summed E-state index contributed by atoms with van der Waals surface area (Å²) >= 11 is 0. The second-order valence-electron chi connectivity index (χ2n) is 4.52. The number of rotatable bonds is 2. The molecule has 0 aromatic rings. The van der Waals surface area contributed by atoms with Gasteiger partial charge in [-0.15, -0.1) is 0 Å². The zero-order chi connectivity index (χ0) is 13.4. The highest BCUT2D eigenvalue weighted by Gasteiger charge is 2.52. The molecule has 2 heterocycles. The van der Waals surface area contributed by atoms with Crippen LogP contribution in [-0.2, 0) is 14.3 Å². The van der Waals surface area contributed by atoms with E-state index in [2.05, 4.69) is 4.74 Å². The van der Waals surface area contributed by atoms with Crippen molar-refractivity contribution < 1.29 is 39.8 Å². The Balaban J connectivity index is 2.19. The first-order valence-corrected chi connectivity index (χ1v) is 5.62. The lowest BCUT2D eigenvalue weighted by Crippen LogP contribution is -2.61. The number of cyclic esters (lactones) is 1. The number of hydrogen-bond donors (Lipinski definition) is 5. The van der Waals surface area contributed by atoms with Crippen molar-refractivity contribution in [2.24, 2.45) is 5.92 Å². The summed E-state index contributed by atoms with van der Waals surface area (Å²) in [5, 5.41) is 47.5. The van der Waals surface area contributed by atoms with Crippen LogP contribution < -0.4 is 0 Å². The summed E-state index contributed by atoms with van der Waals surface area (Å²) in [5.74, 6) is -1.89. The second-order valence-corrected chi connectivity index (χ2v) is 4.52. The average Bonchev–Trinajstić information content (AvgIpc) is 2.67. The third-order valence-electron chi connectivity index (χ3n) is 3.37. The number of esters is 1. The predicted molar refractivity (Wildman–Crippen MR) is 54.2 cm³/mol. The third kappa shape index (κ3) is 2.11. The molecule has 104 valence electrons. The fourth-order valence-electron chi connectivity index (χ4n) is 2.30. The Bertz CT molecular complexity index is 319. The quantitative estimate of drug-likeness (QED) is 0.322. The summed E-state index contributed by atoms with van der Waals surface area (Å²) in [4.78, 5) is 11.4. The van der Waals surface area contributed by atoms with Crippen molar-refractivity contribution in [3.63, 3.8) is 0 Å². The normalized spacial score (nSPS) is 49.2. The Morgan fingerprint density at radius 1 is 1.11 bits per heavy atom. The zero-order valence-electron chi connectivity index (χ0n) is 9.42. The lowest BCUT2D eigenvalue weighted by molar-refractivity contribution is -0.244. The average molecular weight is 264 g/mol. The van der Waals surface area contributed by atoms with Crippen LogP contribution in [0.3, 0.4) is 0 Å². The Morgan fingerprint density at radius 3 is 2.28 bits per heavy atom. The van der Waals surface area contributed by atoms with Crippen LogP contribution in [0.25, 0.3) is 0 Å². The molecule has 5 N–H and O–H groups in total. The first-order chi connectivity index (χ1) is 8.47. The molecule has 2 rings (SSSR count). The van der Waals surface area contributed by atoms with Gasteiger partial charge in [-0.05, 0) is 0 Å². The van der Waals surface area contributed by atoms with Crippen molar-refractivity contribution in [2.75, 3.05) is 13.2 Å². The van der Waals surface area contributed by atoms with E-state index in [4.69, 9.17) is 9.84 Å². The summed E-state index contributed by atoms with van der Waals surface area (Å²) < 4.78 is 9.81. The van der Waals surface area contributed by atoms with E-state index in [1.165, 1.54) is 0 Å². The van der Waals surface area contributed by atoms with Gasteiger partial charge < -0.3 is 35.0 Å². The van der Waals surface area contributed by atoms with E-state index < -0.39 is 55.1 Å². The molecule has 1 unspecified atom stereocenters. The standard InChI is InChI=1S/C10H16O8/c11-1-4-6(13)7(14)8(15)9(18-4)5-3(12)2-17-10(5)16/h3-9,11-15H,1-2H2/t3-,4+,5?,6+,7-,8+,9-/m0/s1. The molecule has 8 heteroatoms. The fourth-order valence-corrected chi connectivity index (χ4v) is 2.30. The number of ether oxygens (including phenoxy) is 2. The summed E-state index contributed by atoms with van der Waals surface area (Å²) in [6, 6.07) is 0. The molecule has 0 aromatic heterocycles. The van der Waals surface area contributed by atoms with E-state index in [1.807, 2.05) is 0 Å². The van der Waals surface area contributed by atoms with Gasteiger partial charge in [0.25, 0.3) is 0 Å². The van der Waals surface area contributed by atoms with E-state index in [-0.39, 0.29) is 6.61 Å². The van der Waals surface area contributed by atoms with Gasteiger partial charge in [0, 0.05) is 0 Å². The van der Waals surface area contributed by atoms with Crippen LogP contribution in [0.1, 0.15) is 0 Å². The van der Waals surface area contributed by atoms with Crippen molar-refractivity contribution in [1.82, 2.24) is 0 Å². The smallest absolute Gasteiger partial charge is 0.314 e. The maximum absolute atomic E-state index is 11.4. The van der Waals surface area contributed by atoms with Crippen molar-refractivity contribution in [3.05, 3.63) is 0 Å². The van der Waals surface area contributed by atoms with Crippen LogP contribution in [0.4, 0.5) is 0 Å². The van der Waals surface area contributed by atoms with Gasteiger partial charge >= 0.3 is 5.97 Å². The fraction of sp³-hybridized carbons (Fsp3) is 0.900. The molecule has 0 amide bonds. The molecule has 2 saturated heterocycles. The predicted octanol–water partition coefficient (Wildman–Crippen LogP) is -3.64. The minimum atomic E-state index is -1.57. The van der Waals surface area contributed by atoms with E-state index >= 15 is 0 Å². The maximum Gasteiger partial charge on any atom is 0.314 e. The van der Waals surface area contributed by atoms with Crippen LogP contribution in [0.5, 0.6) is 0 Å². The Kier molecular flexibility index (Phi) is 3.85. The van der Waals surface area contributed by atoms with Crippen molar-refractivity contribution in [3.8, 4) is 0 Å². The third-order valence-corrected chi connectivity index (χ3v) is 3.37. The molecule has 0 aliphatic carbocycles. The van der Waals surface area contributed by atoms with E-state index in [9.17, 15) is 25.2 Å². The zero-order valence-corrected chi connectivity index (χ0v) is 9.42. The minimum Gasteiger partial charge on any atom is -0.463 e. The number of carbonyl (C=O) groups is 1. The van der Waals surface area contributed by atoms with Gasteiger partial charge in [0.15, 0.2) is 0 Å². The van der Waals surface area contributed by atoms with E-state index in [0.29, 0.717) is 0 Å². The van der Waals surface area contributed by atoms with Crippen LogP contribution in [0, 0.1) is 5.92 Å². The number of aliphatic hydroxyl groups is 5. The molecule has 0 aromatic carbocycles. The highest BCUT2D eigenvalue weighted by atomic mass is 16.6. The van der Waals surface area contributed by atoms with Gasteiger partial charge in [-0.25, -0.2) is 0 Å². The lowest BCUT2D eigenvalue weighted by Gasteiger charge is -2.41. The van der Waals surface area contributed by atoms with E-state index in [1.54, 1.807) is 0 Å². The Labute approximate surface area is 102 Å². The van der Waals surface area contributed by atoms with Gasteiger partial charge in [-0.1, -0.05) is 0 Å². The van der Waals surface area contributed by atoms with E-state index in [0.717, 1.165) is 0 Å². The second kappa shape index (κ2) is 5.08. The van der Waals surface area contributed by atoms with Gasteiger partial charge in [0.2, 0.25) is 0 Å². The first-order valence-electron chi connectivity index (χ1n) is 5.62.